The summed E-state index contributed by atoms with van der Waals surface area (Å²) in [5, 5.41) is 15.4. The molecule has 0 N–H and O–H groups in total. The summed E-state index contributed by atoms with van der Waals surface area (Å²) < 4.78 is 1.71. The van der Waals surface area contributed by atoms with Crippen molar-refractivity contribution in [2.45, 2.75) is 19.8 Å². The average molecular weight is 349 g/mol. The zero-order valence-electron chi connectivity index (χ0n) is 14.8. The Labute approximate surface area is 151 Å². The number of hydrogen-bond acceptors (Lipinski definition) is 5. The third kappa shape index (κ3) is 3.83. The van der Waals surface area contributed by atoms with Gasteiger partial charge in [-0.25, -0.2) is 9.97 Å². The van der Waals surface area contributed by atoms with Gasteiger partial charge in [0, 0.05) is 36.6 Å². The Balaban J connectivity index is 1.88. The van der Waals surface area contributed by atoms with Gasteiger partial charge in [-0.3, -0.25) is 14.8 Å². The zero-order chi connectivity index (χ0) is 18.7. The maximum Gasteiger partial charge on any atom is 0.273 e. The molecule has 2 heterocycles. The molecule has 7 nitrogen and oxygen atoms in total. The van der Waals surface area contributed by atoms with Gasteiger partial charge in [0.1, 0.15) is 0 Å². The number of nitro benzene ring substituents is 1. The van der Waals surface area contributed by atoms with Crippen LogP contribution in [0.2, 0.25) is 0 Å². The molecule has 0 unspecified atom stereocenters. The first kappa shape index (κ1) is 17.5. The minimum atomic E-state index is -0.341. The lowest BCUT2D eigenvalue weighted by molar-refractivity contribution is -0.385. The minimum Gasteiger partial charge on any atom is -0.275 e. The van der Waals surface area contributed by atoms with Crippen LogP contribution in [0.25, 0.3) is 23.4 Å². The molecule has 3 aromatic rings. The second kappa shape index (κ2) is 7.26. The lowest BCUT2D eigenvalue weighted by Crippen LogP contribution is -1.97. The molecule has 3 rings (SSSR count). The van der Waals surface area contributed by atoms with Crippen LogP contribution in [0.4, 0.5) is 5.69 Å². The summed E-state index contributed by atoms with van der Waals surface area (Å²) in [6, 6.07) is 7.06. The Morgan fingerprint density at radius 2 is 2.04 bits per heavy atom. The van der Waals surface area contributed by atoms with E-state index in [9.17, 15) is 10.1 Å². The van der Waals surface area contributed by atoms with Crippen LogP contribution in [0.15, 0.2) is 42.9 Å². The Morgan fingerprint density at radius 1 is 1.23 bits per heavy atom. The van der Waals surface area contributed by atoms with Crippen LogP contribution in [-0.2, 0) is 7.05 Å². The second-order valence-electron chi connectivity index (χ2n) is 6.27. The van der Waals surface area contributed by atoms with E-state index < -0.39 is 0 Å². The number of hydrogen-bond donors (Lipinski definition) is 0. The van der Waals surface area contributed by atoms with Crippen molar-refractivity contribution in [1.29, 1.82) is 0 Å². The highest BCUT2D eigenvalue weighted by Crippen LogP contribution is 2.28. The molecule has 0 saturated carbocycles. The number of aromatic nitrogens is 4. The number of nitrogens with zero attached hydrogens (tertiary/aromatic N) is 5. The predicted molar refractivity (Wildman–Crippen MR) is 100 cm³/mol. The summed E-state index contributed by atoms with van der Waals surface area (Å²) in [6.45, 7) is 3.88. The highest BCUT2D eigenvalue weighted by atomic mass is 16.6. The van der Waals surface area contributed by atoms with Gasteiger partial charge < -0.3 is 0 Å². The molecular formula is C19H19N5O2. The van der Waals surface area contributed by atoms with Crippen molar-refractivity contribution in [1.82, 2.24) is 19.7 Å². The summed E-state index contributed by atoms with van der Waals surface area (Å²) in [7, 11) is 1.85. The first-order chi connectivity index (χ1) is 12.4. The van der Waals surface area contributed by atoms with E-state index in [4.69, 9.17) is 0 Å². The Kier molecular flexibility index (Phi) is 4.88. The predicted octanol–water partition coefficient (Wildman–Crippen LogP) is 4.08. The third-order valence-corrected chi connectivity index (χ3v) is 3.97. The van der Waals surface area contributed by atoms with Crippen LogP contribution in [0.5, 0.6) is 0 Å². The van der Waals surface area contributed by atoms with Crippen molar-refractivity contribution in [3.05, 3.63) is 69.9 Å². The van der Waals surface area contributed by atoms with Crippen molar-refractivity contribution in [2.75, 3.05) is 0 Å². The molecule has 1 aromatic carbocycles. The van der Waals surface area contributed by atoms with Crippen molar-refractivity contribution in [3.63, 3.8) is 0 Å². The SMILES string of the molecule is CC(C)c1ccc(C=Cc2nccc(-c3cnn(C)c3)n2)cc1[N+](=O)[O-]. The summed E-state index contributed by atoms with van der Waals surface area (Å²) >= 11 is 0. The standard InChI is InChI=1S/C19H19N5O2/c1-13(2)16-6-4-14(10-18(16)24(25)26)5-7-19-20-9-8-17(22-19)15-11-21-23(3)12-15/h4-13H,1-3H3. The molecule has 0 aliphatic heterocycles. The van der Waals surface area contributed by atoms with E-state index in [2.05, 4.69) is 15.1 Å². The normalized spacial score (nSPS) is 11.4. The maximum absolute atomic E-state index is 11.3. The van der Waals surface area contributed by atoms with Gasteiger partial charge >= 0.3 is 0 Å². The van der Waals surface area contributed by atoms with Gasteiger partial charge in [0.05, 0.1) is 16.8 Å². The molecule has 0 aliphatic carbocycles. The quantitative estimate of drug-likeness (QED) is 0.512. The highest BCUT2D eigenvalue weighted by molar-refractivity contribution is 5.69. The van der Waals surface area contributed by atoms with Crippen molar-refractivity contribution in [3.8, 4) is 11.3 Å². The highest BCUT2D eigenvalue weighted by Gasteiger charge is 2.16. The zero-order valence-corrected chi connectivity index (χ0v) is 14.8. The number of benzene rings is 1. The topological polar surface area (TPSA) is 86.7 Å². The largest absolute Gasteiger partial charge is 0.275 e. The van der Waals surface area contributed by atoms with Crippen LogP contribution >= 0.6 is 0 Å². The fraction of sp³-hybridized carbons (Fsp3) is 0.211. The molecule has 2 aromatic heterocycles. The summed E-state index contributed by atoms with van der Waals surface area (Å²) in [5.74, 6) is 0.620. The fourth-order valence-corrected chi connectivity index (χ4v) is 2.65. The molecule has 0 bridgehead atoms. The van der Waals surface area contributed by atoms with E-state index in [-0.39, 0.29) is 16.5 Å². The monoisotopic (exact) mass is 349 g/mol. The van der Waals surface area contributed by atoms with Crippen molar-refractivity contribution in [2.24, 2.45) is 7.05 Å². The van der Waals surface area contributed by atoms with Gasteiger partial charge in [0.25, 0.3) is 5.69 Å². The van der Waals surface area contributed by atoms with Crippen LogP contribution < -0.4 is 0 Å². The molecular weight excluding hydrogens is 330 g/mol. The third-order valence-electron chi connectivity index (χ3n) is 3.97. The lowest BCUT2D eigenvalue weighted by Gasteiger charge is -2.06. The van der Waals surface area contributed by atoms with Crippen LogP contribution in [0, 0.1) is 10.1 Å². The summed E-state index contributed by atoms with van der Waals surface area (Å²) in [5.41, 5.74) is 3.26. The van der Waals surface area contributed by atoms with Gasteiger partial charge in [-0.2, -0.15) is 5.10 Å². The molecule has 0 aliphatic rings. The number of rotatable bonds is 5. The molecule has 0 radical (unpaired) electrons. The molecule has 0 atom stereocenters. The van der Waals surface area contributed by atoms with Gasteiger partial charge in [-0.1, -0.05) is 32.1 Å². The number of nitro groups is 1. The molecule has 0 saturated heterocycles. The maximum atomic E-state index is 11.3. The van der Waals surface area contributed by atoms with E-state index in [0.717, 1.165) is 22.4 Å². The van der Waals surface area contributed by atoms with Crippen LogP contribution in [0.1, 0.15) is 36.7 Å². The Hall–Kier alpha value is -3.35. The molecule has 0 fully saturated rings. The molecule has 132 valence electrons. The number of aryl methyl sites for hydroxylation is 1. The first-order valence-electron chi connectivity index (χ1n) is 8.22. The van der Waals surface area contributed by atoms with Crippen LogP contribution in [-0.4, -0.2) is 24.7 Å². The second-order valence-corrected chi connectivity index (χ2v) is 6.27. The van der Waals surface area contributed by atoms with Gasteiger partial charge in [-0.05, 0) is 23.6 Å². The van der Waals surface area contributed by atoms with E-state index >= 15 is 0 Å². The summed E-state index contributed by atoms with van der Waals surface area (Å²) in [4.78, 5) is 19.7. The van der Waals surface area contributed by atoms with Crippen molar-refractivity contribution >= 4 is 17.8 Å². The fourth-order valence-electron chi connectivity index (χ4n) is 2.65. The smallest absolute Gasteiger partial charge is 0.273 e. The van der Waals surface area contributed by atoms with Crippen LogP contribution in [0.3, 0.4) is 0 Å². The molecule has 7 heteroatoms. The minimum absolute atomic E-state index is 0.0907. The average Bonchev–Trinajstić information content (AvgIpc) is 3.06. The molecule has 0 amide bonds. The van der Waals surface area contributed by atoms with E-state index in [1.807, 2.05) is 39.2 Å². The van der Waals surface area contributed by atoms with E-state index in [1.165, 1.54) is 0 Å². The van der Waals surface area contributed by atoms with E-state index in [1.54, 1.807) is 41.4 Å². The summed E-state index contributed by atoms with van der Waals surface area (Å²) in [6.07, 6.45) is 8.82. The van der Waals surface area contributed by atoms with Gasteiger partial charge in [0.2, 0.25) is 0 Å². The molecule has 26 heavy (non-hydrogen) atoms. The molecule has 0 spiro atoms. The van der Waals surface area contributed by atoms with Gasteiger partial charge in [0.15, 0.2) is 5.82 Å². The Bertz CT molecular complexity index is 976. The lowest BCUT2D eigenvalue weighted by atomic mass is 9.99. The van der Waals surface area contributed by atoms with E-state index in [0.29, 0.717) is 5.82 Å². The Morgan fingerprint density at radius 3 is 2.69 bits per heavy atom. The van der Waals surface area contributed by atoms with Gasteiger partial charge in [-0.15, -0.1) is 0 Å². The first-order valence-corrected chi connectivity index (χ1v) is 8.22. The van der Waals surface area contributed by atoms with Crippen molar-refractivity contribution < 1.29 is 4.92 Å².